The minimum absolute atomic E-state index is 0.110. The number of hydrogen-bond acceptors (Lipinski definition) is 3. The summed E-state index contributed by atoms with van der Waals surface area (Å²) in [6, 6.07) is 0. The van der Waals surface area contributed by atoms with Crippen LogP contribution < -0.4 is 0 Å². The van der Waals surface area contributed by atoms with E-state index < -0.39 is 5.60 Å². The lowest BCUT2D eigenvalue weighted by Gasteiger charge is -2.23. The van der Waals surface area contributed by atoms with Crippen molar-refractivity contribution in [2.75, 3.05) is 0 Å². The molecule has 0 saturated carbocycles. The molecule has 1 atom stereocenters. The van der Waals surface area contributed by atoms with Crippen LogP contribution in [0.2, 0.25) is 0 Å². The number of unbranched alkanes of at least 4 members (excludes halogenated alkanes) is 2. The summed E-state index contributed by atoms with van der Waals surface area (Å²) >= 11 is 0. The van der Waals surface area contributed by atoms with Crippen LogP contribution in [-0.2, 0) is 9.53 Å². The lowest BCUT2D eigenvalue weighted by atomic mass is 9.95. The lowest BCUT2D eigenvalue weighted by Crippen LogP contribution is -2.27. The number of esters is 1. The SMILES string of the molecule is CCCCC[C@]1(C)OC(=O)C(C)=C1O. The average Bonchev–Trinajstić information content (AvgIpc) is 2.32. The maximum absolute atomic E-state index is 11.2. The third-order valence-corrected chi connectivity index (χ3v) is 2.74. The summed E-state index contributed by atoms with van der Waals surface area (Å²) in [5, 5.41) is 9.72. The first-order valence-electron chi connectivity index (χ1n) is 5.15. The third kappa shape index (κ3) is 1.91. The summed E-state index contributed by atoms with van der Waals surface area (Å²) < 4.78 is 5.16. The molecule has 3 heteroatoms. The monoisotopic (exact) mass is 198 g/mol. The van der Waals surface area contributed by atoms with Crippen molar-refractivity contribution >= 4 is 5.97 Å². The molecule has 0 fully saturated rings. The minimum atomic E-state index is -0.768. The Balaban J connectivity index is 2.63. The zero-order valence-corrected chi connectivity index (χ0v) is 9.09. The Labute approximate surface area is 84.8 Å². The molecule has 0 aromatic carbocycles. The maximum atomic E-state index is 11.2. The number of hydrogen-bond donors (Lipinski definition) is 1. The van der Waals surface area contributed by atoms with Gasteiger partial charge in [-0.3, -0.25) is 0 Å². The van der Waals surface area contributed by atoms with Gasteiger partial charge in [0.25, 0.3) is 0 Å². The molecule has 0 spiro atoms. The van der Waals surface area contributed by atoms with Gasteiger partial charge in [0.05, 0.1) is 5.57 Å². The molecule has 0 unspecified atom stereocenters. The molecular formula is C11H18O3. The summed E-state index contributed by atoms with van der Waals surface area (Å²) in [6.45, 7) is 5.49. The van der Waals surface area contributed by atoms with Crippen LogP contribution in [-0.4, -0.2) is 16.7 Å². The third-order valence-electron chi connectivity index (χ3n) is 2.74. The summed E-state index contributed by atoms with van der Waals surface area (Å²) in [5.74, 6) is -0.278. The van der Waals surface area contributed by atoms with Gasteiger partial charge in [0.1, 0.15) is 5.76 Å². The van der Waals surface area contributed by atoms with Gasteiger partial charge in [-0.15, -0.1) is 0 Å². The summed E-state index contributed by atoms with van der Waals surface area (Å²) in [5.41, 5.74) is -0.417. The van der Waals surface area contributed by atoms with Crippen molar-refractivity contribution in [3.8, 4) is 0 Å². The van der Waals surface area contributed by atoms with Crippen LogP contribution >= 0.6 is 0 Å². The predicted octanol–water partition coefficient (Wildman–Crippen LogP) is 2.71. The number of carbonyl (C=O) groups is 1. The van der Waals surface area contributed by atoms with Crippen LogP contribution in [0.3, 0.4) is 0 Å². The molecule has 0 amide bonds. The molecule has 1 heterocycles. The standard InChI is InChI=1S/C11H18O3/c1-4-5-6-7-11(3)9(12)8(2)10(13)14-11/h12H,4-7H2,1-3H3/t11-/m0/s1. The first kappa shape index (κ1) is 11.1. The van der Waals surface area contributed by atoms with E-state index in [1.807, 2.05) is 0 Å². The second-order valence-corrected chi connectivity index (χ2v) is 4.05. The van der Waals surface area contributed by atoms with Crippen molar-refractivity contribution in [3.63, 3.8) is 0 Å². The van der Waals surface area contributed by atoms with E-state index in [0.29, 0.717) is 12.0 Å². The van der Waals surface area contributed by atoms with Gasteiger partial charge in [-0.25, -0.2) is 4.79 Å². The fourth-order valence-electron chi connectivity index (χ4n) is 1.70. The summed E-state index contributed by atoms with van der Waals surface area (Å²) in [7, 11) is 0. The average molecular weight is 198 g/mol. The highest BCUT2D eigenvalue weighted by atomic mass is 16.6. The smallest absolute Gasteiger partial charge is 0.338 e. The van der Waals surface area contributed by atoms with Gasteiger partial charge < -0.3 is 9.84 Å². The zero-order valence-electron chi connectivity index (χ0n) is 9.09. The fourth-order valence-corrected chi connectivity index (χ4v) is 1.70. The molecule has 0 bridgehead atoms. The molecule has 1 rings (SSSR count). The minimum Gasteiger partial charge on any atom is -0.507 e. The molecule has 1 aliphatic heterocycles. The number of rotatable bonds is 4. The Morgan fingerprint density at radius 1 is 1.43 bits per heavy atom. The van der Waals surface area contributed by atoms with E-state index in [1.165, 1.54) is 0 Å². The summed E-state index contributed by atoms with van der Waals surface area (Å²) in [4.78, 5) is 11.2. The number of cyclic esters (lactones) is 1. The zero-order chi connectivity index (χ0) is 10.8. The van der Waals surface area contributed by atoms with E-state index in [0.717, 1.165) is 19.3 Å². The quantitative estimate of drug-likeness (QED) is 0.558. The number of ether oxygens (including phenoxy) is 1. The number of aliphatic hydroxyl groups is 1. The van der Waals surface area contributed by atoms with Gasteiger partial charge in [0, 0.05) is 0 Å². The highest BCUT2D eigenvalue weighted by Crippen LogP contribution is 2.34. The van der Waals surface area contributed by atoms with E-state index in [9.17, 15) is 9.90 Å². The van der Waals surface area contributed by atoms with Crippen molar-refractivity contribution in [2.24, 2.45) is 0 Å². The largest absolute Gasteiger partial charge is 0.507 e. The second-order valence-electron chi connectivity index (χ2n) is 4.05. The molecular weight excluding hydrogens is 180 g/mol. The Morgan fingerprint density at radius 3 is 2.50 bits per heavy atom. The maximum Gasteiger partial charge on any atom is 0.338 e. The topological polar surface area (TPSA) is 46.5 Å². The Morgan fingerprint density at radius 2 is 2.07 bits per heavy atom. The van der Waals surface area contributed by atoms with Crippen LogP contribution in [0.15, 0.2) is 11.3 Å². The normalized spacial score (nSPS) is 26.9. The van der Waals surface area contributed by atoms with Crippen LogP contribution in [0, 0.1) is 0 Å². The van der Waals surface area contributed by atoms with Crippen molar-refractivity contribution in [1.29, 1.82) is 0 Å². The van der Waals surface area contributed by atoms with Crippen LogP contribution in [0.5, 0.6) is 0 Å². The van der Waals surface area contributed by atoms with E-state index in [-0.39, 0.29) is 11.7 Å². The molecule has 0 saturated heterocycles. The van der Waals surface area contributed by atoms with Gasteiger partial charge >= 0.3 is 5.97 Å². The van der Waals surface area contributed by atoms with E-state index >= 15 is 0 Å². The fraction of sp³-hybridized carbons (Fsp3) is 0.727. The lowest BCUT2D eigenvalue weighted by molar-refractivity contribution is -0.147. The van der Waals surface area contributed by atoms with E-state index in [4.69, 9.17) is 4.74 Å². The first-order chi connectivity index (χ1) is 6.51. The van der Waals surface area contributed by atoms with Crippen LogP contribution in [0.1, 0.15) is 46.5 Å². The van der Waals surface area contributed by atoms with Crippen LogP contribution in [0.4, 0.5) is 0 Å². The molecule has 14 heavy (non-hydrogen) atoms. The number of aliphatic hydroxyl groups excluding tert-OH is 1. The van der Waals surface area contributed by atoms with Crippen LogP contribution in [0.25, 0.3) is 0 Å². The van der Waals surface area contributed by atoms with Crippen molar-refractivity contribution in [1.82, 2.24) is 0 Å². The van der Waals surface area contributed by atoms with E-state index in [2.05, 4.69) is 6.92 Å². The van der Waals surface area contributed by atoms with Gasteiger partial charge in [-0.1, -0.05) is 19.8 Å². The molecule has 1 N–H and O–H groups in total. The van der Waals surface area contributed by atoms with Crippen molar-refractivity contribution in [3.05, 3.63) is 11.3 Å². The summed E-state index contributed by atoms with van der Waals surface area (Å²) in [6.07, 6.45) is 3.89. The number of carbonyl (C=O) groups excluding carboxylic acids is 1. The second kappa shape index (κ2) is 4.03. The van der Waals surface area contributed by atoms with Gasteiger partial charge in [-0.2, -0.15) is 0 Å². The van der Waals surface area contributed by atoms with Crippen molar-refractivity contribution in [2.45, 2.75) is 52.1 Å². The van der Waals surface area contributed by atoms with Crippen molar-refractivity contribution < 1.29 is 14.6 Å². The molecule has 1 aliphatic rings. The molecule has 80 valence electrons. The molecule has 0 aromatic heterocycles. The van der Waals surface area contributed by atoms with Gasteiger partial charge in [0.15, 0.2) is 5.60 Å². The predicted molar refractivity (Wildman–Crippen MR) is 54.0 cm³/mol. The highest BCUT2D eigenvalue weighted by Gasteiger charge is 2.41. The van der Waals surface area contributed by atoms with Gasteiger partial charge in [-0.05, 0) is 26.7 Å². The molecule has 0 aromatic rings. The molecule has 0 radical (unpaired) electrons. The first-order valence-corrected chi connectivity index (χ1v) is 5.15. The Kier molecular flexibility index (Phi) is 3.19. The van der Waals surface area contributed by atoms with E-state index in [1.54, 1.807) is 13.8 Å². The highest BCUT2D eigenvalue weighted by molar-refractivity contribution is 5.91. The van der Waals surface area contributed by atoms with Gasteiger partial charge in [0.2, 0.25) is 0 Å². The Bertz CT molecular complexity index is 268. The Hall–Kier alpha value is -0.990. The molecule has 3 nitrogen and oxygen atoms in total. The molecule has 0 aliphatic carbocycles.